The number of alkyl halides is 6. The van der Waals surface area contributed by atoms with E-state index in [1.54, 1.807) is 0 Å². The minimum absolute atomic E-state index is 0.327. The Bertz CT molecular complexity index is 554. The average Bonchev–Trinajstić information content (AvgIpc) is 2.63. The summed E-state index contributed by atoms with van der Waals surface area (Å²) < 4.78 is 87.4. The molecule has 0 radical (unpaired) electrons. The number of hydrogen-bond acceptors (Lipinski definition) is 3. The molecule has 0 saturated carbocycles. The van der Waals surface area contributed by atoms with E-state index in [1.165, 1.54) is 6.07 Å². The van der Waals surface area contributed by atoms with Crippen LogP contribution in [0.3, 0.4) is 0 Å². The first-order valence-corrected chi connectivity index (χ1v) is 8.16. The van der Waals surface area contributed by atoms with Gasteiger partial charge >= 0.3 is 122 Å². The number of carbonyl (C=O) groups is 1. The van der Waals surface area contributed by atoms with Gasteiger partial charge in [-0.25, -0.2) is 0 Å². The number of carbonyl (C=O) groups excluding carboxylic acids is 1. The van der Waals surface area contributed by atoms with Gasteiger partial charge in [-0.3, -0.25) is 0 Å². The van der Waals surface area contributed by atoms with Crippen molar-refractivity contribution in [3.8, 4) is 0 Å². The van der Waals surface area contributed by atoms with Gasteiger partial charge in [-0.05, 0) is 0 Å². The van der Waals surface area contributed by atoms with Crippen LogP contribution in [-0.4, -0.2) is 18.3 Å². The minimum atomic E-state index is -5.73. The van der Waals surface area contributed by atoms with Gasteiger partial charge in [0.1, 0.15) is 0 Å². The molecule has 1 aromatic rings. The van der Waals surface area contributed by atoms with Gasteiger partial charge in [-0.1, -0.05) is 0 Å². The van der Waals surface area contributed by atoms with Gasteiger partial charge in [0.25, 0.3) is 0 Å². The van der Waals surface area contributed by atoms with Gasteiger partial charge in [0.2, 0.25) is 0 Å². The van der Waals surface area contributed by atoms with E-state index in [9.17, 15) is 31.1 Å². The average molecular weight is 428 g/mol. The summed E-state index contributed by atoms with van der Waals surface area (Å²) in [6.45, 7) is 0.893. The maximum atomic E-state index is 13.1. The van der Waals surface area contributed by atoms with Crippen molar-refractivity contribution in [1.82, 2.24) is 0 Å². The van der Waals surface area contributed by atoms with Crippen LogP contribution >= 0.6 is 20.6 Å². The van der Waals surface area contributed by atoms with Crippen LogP contribution in [0.5, 0.6) is 0 Å². The van der Waals surface area contributed by atoms with Crippen molar-refractivity contribution in [2.45, 2.75) is 24.9 Å². The standard InChI is InChI=1S/C11H7F6IO3/c1-6(19)20-18-8-5-3-2-4-7(8)9(21-18,10(12,13)14)11(15,16)17/h2-5H,1H3. The van der Waals surface area contributed by atoms with Crippen LogP contribution in [0.4, 0.5) is 26.3 Å². The monoisotopic (exact) mass is 428 g/mol. The second-order valence-corrected chi connectivity index (χ2v) is 7.30. The van der Waals surface area contributed by atoms with Gasteiger partial charge in [-0.15, -0.1) is 0 Å². The first-order valence-electron chi connectivity index (χ1n) is 5.32. The van der Waals surface area contributed by atoms with Gasteiger partial charge in [0, 0.05) is 0 Å². The molecule has 10 heteroatoms. The van der Waals surface area contributed by atoms with Crippen LogP contribution in [0.1, 0.15) is 12.5 Å². The molecule has 0 aliphatic carbocycles. The summed E-state index contributed by atoms with van der Waals surface area (Å²) >= 11 is -3.85. The van der Waals surface area contributed by atoms with Crippen molar-refractivity contribution in [2.75, 3.05) is 0 Å². The summed E-state index contributed by atoms with van der Waals surface area (Å²) in [6, 6.07) is 4.06. The van der Waals surface area contributed by atoms with Crippen molar-refractivity contribution in [3.63, 3.8) is 0 Å². The fourth-order valence-electron chi connectivity index (χ4n) is 1.78. The van der Waals surface area contributed by atoms with Gasteiger partial charge in [0.15, 0.2) is 0 Å². The molecule has 0 amide bonds. The molecule has 21 heavy (non-hydrogen) atoms. The molecule has 0 unspecified atom stereocenters. The zero-order valence-electron chi connectivity index (χ0n) is 10.2. The van der Waals surface area contributed by atoms with E-state index in [-0.39, 0.29) is 3.57 Å². The van der Waals surface area contributed by atoms with Crippen LogP contribution in [0.2, 0.25) is 0 Å². The molecular weight excluding hydrogens is 421 g/mol. The van der Waals surface area contributed by atoms with Gasteiger partial charge < -0.3 is 0 Å². The van der Waals surface area contributed by atoms with E-state index >= 15 is 0 Å². The molecule has 1 heterocycles. The van der Waals surface area contributed by atoms with Crippen LogP contribution < -0.4 is 0 Å². The summed E-state index contributed by atoms with van der Waals surface area (Å²) in [5.74, 6) is -0.991. The molecule has 0 atom stereocenters. The molecule has 0 fully saturated rings. The summed E-state index contributed by atoms with van der Waals surface area (Å²) in [6.07, 6.45) is -11.5. The third-order valence-electron chi connectivity index (χ3n) is 2.58. The van der Waals surface area contributed by atoms with Crippen LogP contribution in [0, 0.1) is 3.57 Å². The molecule has 2 rings (SSSR count). The molecule has 0 aromatic heterocycles. The van der Waals surface area contributed by atoms with Gasteiger partial charge in [-0.2, -0.15) is 0 Å². The van der Waals surface area contributed by atoms with Crippen molar-refractivity contribution in [2.24, 2.45) is 0 Å². The Morgan fingerprint density at radius 2 is 1.67 bits per heavy atom. The fraction of sp³-hybridized carbons (Fsp3) is 0.364. The molecule has 0 bridgehead atoms. The first kappa shape index (κ1) is 16.3. The van der Waals surface area contributed by atoms with Crippen LogP contribution in [0.15, 0.2) is 24.3 Å². The quantitative estimate of drug-likeness (QED) is 0.499. The molecule has 118 valence electrons. The summed E-state index contributed by atoms with van der Waals surface area (Å²) in [5, 5.41) is 0. The molecule has 1 aliphatic rings. The van der Waals surface area contributed by atoms with Crippen LogP contribution in [0.25, 0.3) is 0 Å². The third kappa shape index (κ3) is 2.47. The third-order valence-corrected chi connectivity index (χ3v) is 6.55. The van der Waals surface area contributed by atoms with Crippen LogP contribution in [-0.2, 0) is 16.5 Å². The molecule has 1 aliphatic heterocycles. The van der Waals surface area contributed by atoms with E-state index in [0.29, 0.717) is 6.07 Å². The maximum absolute atomic E-state index is 13.1. The molecule has 0 N–H and O–H groups in total. The van der Waals surface area contributed by atoms with Crippen molar-refractivity contribution >= 4 is 26.6 Å². The first-order chi connectivity index (χ1) is 9.50. The number of hydrogen-bond donors (Lipinski definition) is 0. The fourth-order valence-corrected chi connectivity index (χ4v) is 5.78. The predicted octanol–water partition coefficient (Wildman–Crippen LogP) is 4.11. The predicted molar refractivity (Wildman–Crippen MR) is 65.8 cm³/mol. The summed E-state index contributed by atoms with van der Waals surface area (Å²) in [5.41, 5.74) is -5.51. The molecule has 0 saturated heterocycles. The van der Waals surface area contributed by atoms with Crippen molar-refractivity contribution in [1.29, 1.82) is 0 Å². The molecule has 3 nitrogen and oxygen atoms in total. The number of benzene rings is 1. The second kappa shape index (κ2) is 5.00. The molecular formula is C11H7F6IO3. The van der Waals surface area contributed by atoms with E-state index in [1.807, 2.05) is 0 Å². The molecule has 0 spiro atoms. The summed E-state index contributed by atoms with van der Waals surface area (Å²) in [4.78, 5) is 10.9. The van der Waals surface area contributed by atoms with E-state index in [2.05, 4.69) is 6.13 Å². The Balaban J connectivity index is 2.67. The Kier molecular flexibility index (Phi) is 3.89. The van der Waals surface area contributed by atoms with Crippen molar-refractivity contribution < 1.29 is 37.3 Å². The second-order valence-electron chi connectivity index (χ2n) is 4.02. The zero-order chi connectivity index (χ0) is 16.1. The normalized spacial score (nSPS) is 19.3. The van der Waals surface area contributed by atoms with Gasteiger partial charge in [0.05, 0.1) is 0 Å². The number of halogens is 7. The Morgan fingerprint density at radius 1 is 1.14 bits per heavy atom. The van der Waals surface area contributed by atoms with Crippen molar-refractivity contribution in [3.05, 3.63) is 33.4 Å². The zero-order valence-corrected chi connectivity index (χ0v) is 12.3. The number of fused-ring (bicyclic) bond motifs is 1. The Hall–Kier alpha value is -1.04. The van der Waals surface area contributed by atoms with E-state index < -0.39 is 50.1 Å². The molecule has 1 aromatic carbocycles. The summed E-state index contributed by atoms with van der Waals surface area (Å²) in [7, 11) is 0. The topological polar surface area (TPSA) is 35.5 Å². The Labute approximate surface area is 122 Å². The van der Waals surface area contributed by atoms with E-state index in [0.717, 1.165) is 19.1 Å². The number of rotatable bonds is 1. The SMILES string of the molecule is CC(=O)OI1OC(C(F)(F)F)(C(F)(F)F)c2ccccc21. The van der Waals surface area contributed by atoms with E-state index in [4.69, 9.17) is 0 Å². The Morgan fingerprint density at radius 3 is 2.14 bits per heavy atom.